The first-order valence-electron chi connectivity index (χ1n) is 7.58. The average molecular weight is 261 g/mol. The van der Waals surface area contributed by atoms with Gasteiger partial charge in [-0.15, -0.1) is 0 Å². The quantitative estimate of drug-likeness (QED) is 0.853. The Kier molecular flexibility index (Phi) is 5.80. The SMILES string of the molecule is Cc1cccc(CN(C)CCCC2CCCCN2)n1. The van der Waals surface area contributed by atoms with E-state index in [-0.39, 0.29) is 0 Å². The highest BCUT2D eigenvalue weighted by atomic mass is 15.1. The fourth-order valence-electron chi connectivity index (χ4n) is 2.82. The molecule has 3 nitrogen and oxygen atoms in total. The van der Waals surface area contributed by atoms with E-state index < -0.39 is 0 Å². The number of piperidine rings is 1. The van der Waals surface area contributed by atoms with Gasteiger partial charge in [0, 0.05) is 18.3 Å². The molecule has 1 atom stereocenters. The molecule has 0 spiro atoms. The Labute approximate surface area is 117 Å². The number of nitrogens with one attached hydrogen (secondary N) is 1. The molecule has 0 radical (unpaired) electrons. The summed E-state index contributed by atoms with van der Waals surface area (Å²) in [5.41, 5.74) is 2.29. The highest BCUT2D eigenvalue weighted by molar-refractivity contribution is 5.09. The first-order valence-corrected chi connectivity index (χ1v) is 7.58. The van der Waals surface area contributed by atoms with Gasteiger partial charge in [0.1, 0.15) is 0 Å². The van der Waals surface area contributed by atoms with E-state index in [1.165, 1.54) is 44.3 Å². The molecule has 0 aromatic carbocycles. The van der Waals surface area contributed by atoms with Crippen LogP contribution in [0, 0.1) is 6.92 Å². The van der Waals surface area contributed by atoms with E-state index in [1.54, 1.807) is 0 Å². The third kappa shape index (κ3) is 5.29. The summed E-state index contributed by atoms with van der Waals surface area (Å²) in [5, 5.41) is 3.62. The highest BCUT2D eigenvalue weighted by Gasteiger charge is 2.12. The molecule has 2 rings (SSSR count). The van der Waals surface area contributed by atoms with Gasteiger partial charge in [-0.2, -0.15) is 0 Å². The molecule has 0 aliphatic carbocycles. The van der Waals surface area contributed by atoms with Crippen LogP contribution in [-0.4, -0.2) is 36.1 Å². The largest absolute Gasteiger partial charge is 0.314 e. The lowest BCUT2D eigenvalue weighted by Gasteiger charge is -2.24. The van der Waals surface area contributed by atoms with Gasteiger partial charge in [-0.3, -0.25) is 4.98 Å². The van der Waals surface area contributed by atoms with Crippen molar-refractivity contribution in [2.75, 3.05) is 20.1 Å². The normalized spacial score (nSPS) is 19.8. The second-order valence-electron chi connectivity index (χ2n) is 5.80. The first kappa shape index (κ1) is 14.5. The first-order chi connectivity index (χ1) is 9.24. The molecule has 3 heteroatoms. The van der Waals surface area contributed by atoms with Crippen molar-refractivity contribution >= 4 is 0 Å². The van der Waals surface area contributed by atoms with Gasteiger partial charge in [-0.1, -0.05) is 12.5 Å². The summed E-state index contributed by atoms with van der Waals surface area (Å²) in [5.74, 6) is 0. The van der Waals surface area contributed by atoms with Crippen LogP contribution < -0.4 is 5.32 Å². The Morgan fingerprint density at radius 1 is 1.37 bits per heavy atom. The van der Waals surface area contributed by atoms with E-state index in [9.17, 15) is 0 Å². The van der Waals surface area contributed by atoms with Crippen LogP contribution in [0.5, 0.6) is 0 Å². The van der Waals surface area contributed by atoms with Crippen molar-refractivity contribution < 1.29 is 0 Å². The van der Waals surface area contributed by atoms with Crippen molar-refractivity contribution in [1.29, 1.82) is 0 Å². The lowest BCUT2D eigenvalue weighted by atomic mass is 10.0. The summed E-state index contributed by atoms with van der Waals surface area (Å²) in [7, 11) is 2.19. The molecule has 1 saturated heterocycles. The third-order valence-electron chi connectivity index (χ3n) is 3.88. The molecule has 2 heterocycles. The van der Waals surface area contributed by atoms with Gasteiger partial charge in [-0.05, 0) is 64.9 Å². The van der Waals surface area contributed by atoms with Crippen LogP contribution in [0.2, 0.25) is 0 Å². The summed E-state index contributed by atoms with van der Waals surface area (Å²) in [6, 6.07) is 7.03. The van der Waals surface area contributed by atoms with Crippen LogP contribution in [-0.2, 0) is 6.54 Å². The Morgan fingerprint density at radius 3 is 3.00 bits per heavy atom. The predicted molar refractivity (Wildman–Crippen MR) is 80.2 cm³/mol. The Morgan fingerprint density at radius 2 is 2.26 bits per heavy atom. The summed E-state index contributed by atoms with van der Waals surface area (Å²) in [6.07, 6.45) is 6.71. The minimum atomic E-state index is 0.763. The molecule has 0 saturated carbocycles. The van der Waals surface area contributed by atoms with Gasteiger partial charge in [0.2, 0.25) is 0 Å². The molecule has 1 aliphatic heterocycles. The molecular formula is C16H27N3. The van der Waals surface area contributed by atoms with Gasteiger partial charge in [0.15, 0.2) is 0 Å². The predicted octanol–water partition coefficient (Wildman–Crippen LogP) is 2.74. The summed E-state index contributed by atoms with van der Waals surface area (Å²) in [6.45, 7) is 5.39. The van der Waals surface area contributed by atoms with E-state index in [2.05, 4.69) is 47.4 Å². The van der Waals surface area contributed by atoms with Gasteiger partial charge in [0.25, 0.3) is 0 Å². The maximum absolute atomic E-state index is 4.56. The van der Waals surface area contributed by atoms with Crippen molar-refractivity contribution in [1.82, 2.24) is 15.2 Å². The van der Waals surface area contributed by atoms with Crippen LogP contribution in [0.15, 0.2) is 18.2 Å². The van der Waals surface area contributed by atoms with Crippen LogP contribution in [0.3, 0.4) is 0 Å². The van der Waals surface area contributed by atoms with Gasteiger partial charge < -0.3 is 10.2 Å². The maximum Gasteiger partial charge on any atom is 0.0547 e. The van der Waals surface area contributed by atoms with E-state index in [4.69, 9.17) is 0 Å². The Balaban J connectivity index is 1.65. The number of hydrogen-bond donors (Lipinski definition) is 1. The number of aromatic nitrogens is 1. The van der Waals surface area contributed by atoms with Crippen molar-refractivity contribution in [3.63, 3.8) is 0 Å². The number of rotatable bonds is 6. The number of aryl methyl sites for hydroxylation is 1. The van der Waals surface area contributed by atoms with Gasteiger partial charge in [0.05, 0.1) is 5.69 Å². The van der Waals surface area contributed by atoms with Gasteiger partial charge in [-0.25, -0.2) is 0 Å². The second-order valence-corrected chi connectivity index (χ2v) is 5.80. The molecule has 1 fully saturated rings. The smallest absolute Gasteiger partial charge is 0.0547 e. The summed E-state index contributed by atoms with van der Waals surface area (Å²) >= 11 is 0. The van der Waals surface area contributed by atoms with Crippen molar-refractivity contribution in [2.45, 2.75) is 51.6 Å². The molecule has 1 aromatic heterocycles. The van der Waals surface area contributed by atoms with E-state index in [1.807, 2.05) is 0 Å². The van der Waals surface area contributed by atoms with E-state index in [0.29, 0.717) is 0 Å². The fourth-order valence-corrected chi connectivity index (χ4v) is 2.82. The van der Waals surface area contributed by atoms with E-state index >= 15 is 0 Å². The lowest BCUT2D eigenvalue weighted by Crippen LogP contribution is -2.34. The third-order valence-corrected chi connectivity index (χ3v) is 3.88. The number of pyridine rings is 1. The minimum absolute atomic E-state index is 0.763. The number of nitrogens with zero attached hydrogens (tertiary/aromatic N) is 2. The summed E-state index contributed by atoms with van der Waals surface area (Å²) < 4.78 is 0. The van der Waals surface area contributed by atoms with Crippen molar-refractivity contribution in [2.24, 2.45) is 0 Å². The van der Waals surface area contributed by atoms with E-state index in [0.717, 1.165) is 24.8 Å². The molecule has 1 aromatic rings. The zero-order valence-corrected chi connectivity index (χ0v) is 12.4. The van der Waals surface area contributed by atoms with Crippen LogP contribution in [0.4, 0.5) is 0 Å². The molecule has 1 N–H and O–H groups in total. The summed E-state index contributed by atoms with van der Waals surface area (Å²) in [4.78, 5) is 6.94. The molecule has 1 unspecified atom stereocenters. The Hall–Kier alpha value is -0.930. The molecule has 19 heavy (non-hydrogen) atoms. The molecule has 106 valence electrons. The average Bonchev–Trinajstić information content (AvgIpc) is 2.40. The molecule has 0 bridgehead atoms. The van der Waals surface area contributed by atoms with Gasteiger partial charge >= 0.3 is 0 Å². The van der Waals surface area contributed by atoms with Crippen LogP contribution in [0.25, 0.3) is 0 Å². The monoisotopic (exact) mass is 261 g/mol. The molecule has 0 amide bonds. The number of hydrogen-bond acceptors (Lipinski definition) is 3. The lowest BCUT2D eigenvalue weighted by molar-refractivity contribution is 0.295. The zero-order valence-electron chi connectivity index (χ0n) is 12.4. The highest BCUT2D eigenvalue weighted by Crippen LogP contribution is 2.12. The standard InChI is InChI=1S/C16H27N3/c1-14-7-5-9-16(18-14)13-19(2)12-6-10-15-8-3-4-11-17-15/h5,7,9,15,17H,3-4,6,8,10-13H2,1-2H3. The maximum atomic E-state index is 4.56. The molecule has 1 aliphatic rings. The van der Waals surface area contributed by atoms with Crippen molar-refractivity contribution in [3.05, 3.63) is 29.6 Å². The second kappa shape index (κ2) is 7.61. The topological polar surface area (TPSA) is 28.2 Å². The van der Waals surface area contributed by atoms with Crippen LogP contribution in [0.1, 0.15) is 43.5 Å². The Bertz CT molecular complexity index is 372. The van der Waals surface area contributed by atoms with Crippen molar-refractivity contribution in [3.8, 4) is 0 Å². The van der Waals surface area contributed by atoms with Crippen LogP contribution >= 0.6 is 0 Å². The molecular weight excluding hydrogens is 234 g/mol. The fraction of sp³-hybridized carbons (Fsp3) is 0.688. The minimum Gasteiger partial charge on any atom is -0.314 e. The zero-order chi connectivity index (χ0) is 13.5.